The fourth-order valence-electron chi connectivity index (χ4n) is 2.17. The van der Waals surface area contributed by atoms with E-state index < -0.39 is 0 Å². The van der Waals surface area contributed by atoms with Gasteiger partial charge in [0.1, 0.15) is 5.75 Å². The Morgan fingerprint density at radius 2 is 2.00 bits per heavy atom. The summed E-state index contributed by atoms with van der Waals surface area (Å²) >= 11 is 0. The maximum atomic E-state index is 9.35. The molecular weight excluding hydrogens is 188 g/mol. The van der Waals surface area contributed by atoms with Crippen LogP contribution in [0, 0.1) is 0 Å². The molecule has 3 heteroatoms. The average molecular weight is 206 g/mol. The number of hydrogen-bond acceptors (Lipinski definition) is 3. The van der Waals surface area contributed by atoms with Crippen LogP contribution in [-0.4, -0.2) is 23.1 Å². The van der Waals surface area contributed by atoms with Crippen molar-refractivity contribution in [3.05, 3.63) is 23.8 Å². The summed E-state index contributed by atoms with van der Waals surface area (Å²) in [5.41, 5.74) is 7.35. The van der Waals surface area contributed by atoms with E-state index in [0.29, 0.717) is 11.7 Å². The molecule has 1 fully saturated rings. The van der Waals surface area contributed by atoms with Gasteiger partial charge in [-0.05, 0) is 50.6 Å². The van der Waals surface area contributed by atoms with Crippen molar-refractivity contribution in [2.24, 2.45) is 0 Å². The molecule has 1 heterocycles. The van der Waals surface area contributed by atoms with E-state index in [1.54, 1.807) is 6.07 Å². The third-order valence-corrected chi connectivity index (χ3v) is 3.22. The van der Waals surface area contributed by atoms with Crippen molar-refractivity contribution in [3.8, 4) is 5.75 Å². The molecule has 0 saturated carbocycles. The van der Waals surface area contributed by atoms with Crippen LogP contribution < -0.4 is 5.73 Å². The van der Waals surface area contributed by atoms with E-state index in [4.69, 9.17) is 5.73 Å². The van der Waals surface area contributed by atoms with Gasteiger partial charge >= 0.3 is 0 Å². The first-order valence-corrected chi connectivity index (χ1v) is 5.51. The minimum atomic E-state index is 0.173. The highest BCUT2D eigenvalue weighted by Gasteiger charge is 2.19. The Kier molecular flexibility index (Phi) is 2.82. The van der Waals surface area contributed by atoms with Gasteiger partial charge in [0.05, 0.1) is 5.69 Å². The zero-order valence-electron chi connectivity index (χ0n) is 9.11. The third kappa shape index (κ3) is 2.07. The summed E-state index contributed by atoms with van der Waals surface area (Å²) in [6.45, 7) is 4.53. The lowest BCUT2D eigenvalue weighted by Crippen LogP contribution is -2.23. The molecule has 1 aromatic rings. The van der Waals surface area contributed by atoms with Crippen LogP contribution in [0.1, 0.15) is 31.4 Å². The van der Waals surface area contributed by atoms with Gasteiger partial charge in [-0.25, -0.2) is 0 Å². The minimum Gasteiger partial charge on any atom is -0.506 e. The lowest BCUT2D eigenvalue weighted by Gasteiger charge is -2.24. The van der Waals surface area contributed by atoms with Gasteiger partial charge in [-0.15, -0.1) is 0 Å². The van der Waals surface area contributed by atoms with Gasteiger partial charge in [0, 0.05) is 6.04 Å². The van der Waals surface area contributed by atoms with Crippen molar-refractivity contribution in [3.63, 3.8) is 0 Å². The Balaban J connectivity index is 2.17. The highest BCUT2D eigenvalue weighted by atomic mass is 16.3. The molecule has 0 amide bonds. The Labute approximate surface area is 90.5 Å². The standard InChI is InChI=1S/C12H18N2O/c1-9(14-6-2-3-7-14)10-4-5-12(15)11(13)8-10/h4-5,8-9,15H,2-3,6-7,13H2,1H3. The van der Waals surface area contributed by atoms with Crippen LogP contribution in [0.5, 0.6) is 5.75 Å². The second-order valence-corrected chi connectivity index (χ2v) is 4.24. The maximum absolute atomic E-state index is 9.35. The number of nitrogens with two attached hydrogens (primary N) is 1. The van der Waals surface area contributed by atoms with E-state index in [1.165, 1.54) is 31.5 Å². The van der Waals surface area contributed by atoms with Crippen LogP contribution in [0.3, 0.4) is 0 Å². The lowest BCUT2D eigenvalue weighted by atomic mass is 10.1. The largest absolute Gasteiger partial charge is 0.506 e. The first-order valence-electron chi connectivity index (χ1n) is 5.51. The van der Waals surface area contributed by atoms with Crippen LogP contribution in [0.15, 0.2) is 18.2 Å². The number of hydrogen-bond donors (Lipinski definition) is 2. The summed E-state index contributed by atoms with van der Waals surface area (Å²) in [7, 11) is 0. The maximum Gasteiger partial charge on any atom is 0.138 e. The third-order valence-electron chi connectivity index (χ3n) is 3.22. The number of rotatable bonds is 2. The molecular formula is C12H18N2O. The van der Waals surface area contributed by atoms with Gasteiger partial charge in [-0.2, -0.15) is 0 Å². The summed E-state index contributed by atoms with van der Waals surface area (Å²) in [4.78, 5) is 2.45. The number of anilines is 1. The number of nitrogen functional groups attached to an aromatic ring is 1. The number of phenols is 1. The Hall–Kier alpha value is -1.22. The Bertz CT molecular complexity index is 345. The van der Waals surface area contributed by atoms with Crippen molar-refractivity contribution in [2.45, 2.75) is 25.8 Å². The smallest absolute Gasteiger partial charge is 0.138 e. The molecule has 1 unspecified atom stereocenters. The van der Waals surface area contributed by atoms with E-state index >= 15 is 0 Å². The number of phenolic OH excluding ortho intramolecular Hbond substituents is 1. The SMILES string of the molecule is CC(c1ccc(O)c(N)c1)N1CCCC1. The summed E-state index contributed by atoms with van der Waals surface area (Å²) < 4.78 is 0. The predicted molar refractivity (Wildman–Crippen MR) is 61.7 cm³/mol. The van der Waals surface area contributed by atoms with E-state index in [-0.39, 0.29) is 5.75 Å². The van der Waals surface area contributed by atoms with E-state index in [0.717, 1.165) is 0 Å². The van der Waals surface area contributed by atoms with Crippen molar-refractivity contribution in [2.75, 3.05) is 18.8 Å². The zero-order chi connectivity index (χ0) is 10.8. The van der Waals surface area contributed by atoms with Crippen molar-refractivity contribution in [1.82, 2.24) is 4.90 Å². The van der Waals surface area contributed by atoms with Crippen LogP contribution in [0.2, 0.25) is 0 Å². The fourth-order valence-corrected chi connectivity index (χ4v) is 2.17. The molecule has 15 heavy (non-hydrogen) atoms. The average Bonchev–Trinajstić information content (AvgIpc) is 2.74. The van der Waals surface area contributed by atoms with Crippen LogP contribution >= 0.6 is 0 Å². The summed E-state index contributed by atoms with van der Waals surface area (Å²) in [6, 6.07) is 5.90. The van der Waals surface area contributed by atoms with Gasteiger partial charge in [0.2, 0.25) is 0 Å². The van der Waals surface area contributed by atoms with Crippen molar-refractivity contribution >= 4 is 5.69 Å². The molecule has 2 rings (SSSR count). The number of likely N-dealkylation sites (tertiary alicyclic amines) is 1. The quantitative estimate of drug-likeness (QED) is 0.575. The van der Waals surface area contributed by atoms with Crippen LogP contribution in [0.25, 0.3) is 0 Å². The van der Waals surface area contributed by atoms with Crippen LogP contribution in [-0.2, 0) is 0 Å². The lowest BCUT2D eigenvalue weighted by molar-refractivity contribution is 0.263. The zero-order valence-corrected chi connectivity index (χ0v) is 9.11. The van der Waals surface area contributed by atoms with Crippen LogP contribution in [0.4, 0.5) is 5.69 Å². The topological polar surface area (TPSA) is 49.5 Å². The Morgan fingerprint density at radius 1 is 1.33 bits per heavy atom. The molecule has 1 saturated heterocycles. The minimum absolute atomic E-state index is 0.173. The monoisotopic (exact) mass is 206 g/mol. The second-order valence-electron chi connectivity index (χ2n) is 4.24. The molecule has 0 spiro atoms. The molecule has 1 aromatic carbocycles. The summed E-state index contributed by atoms with van der Waals surface area (Å²) in [6.07, 6.45) is 2.58. The second kappa shape index (κ2) is 4.11. The molecule has 1 aliphatic heterocycles. The predicted octanol–water partition coefficient (Wildman–Crippen LogP) is 2.13. The molecule has 1 aliphatic rings. The molecule has 0 aliphatic carbocycles. The number of benzene rings is 1. The molecule has 3 N–H and O–H groups in total. The number of nitrogens with zero attached hydrogens (tertiary/aromatic N) is 1. The molecule has 0 radical (unpaired) electrons. The first-order chi connectivity index (χ1) is 7.18. The highest BCUT2D eigenvalue weighted by Crippen LogP contribution is 2.29. The van der Waals surface area contributed by atoms with Gasteiger partial charge in [0.15, 0.2) is 0 Å². The molecule has 1 atom stereocenters. The fraction of sp³-hybridized carbons (Fsp3) is 0.500. The molecule has 3 nitrogen and oxygen atoms in total. The molecule has 0 aromatic heterocycles. The number of aromatic hydroxyl groups is 1. The van der Waals surface area contributed by atoms with Gasteiger partial charge < -0.3 is 10.8 Å². The Morgan fingerprint density at radius 3 is 2.60 bits per heavy atom. The van der Waals surface area contributed by atoms with E-state index in [9.17, 15) is 5.11 Å². The normalized spacial score (nSPS) is 19.3. The van der Waals surface area contributed by atoms with E-state index in [1.807, 2.05) is 12.1 Å². The molecule has 82 valence electrons. The molecule has 0 bridgehead atoms. The van der Waals surface area contributed by atoms with E-state index in [2.05, 4.69) is 11.8 Å². The first kappa shape index (κ1) is 10.3. The summed E-state index contributed by atoms with van der Waals surface area (Å²) in [5.74, 6) is 0.173. The van der Waals surface area contributed by atoms with Gasteiger partial charge in [0.25, 0.3) is 0 Å². The van der Waals surface area contributed by atoms with Crippen molar-refractivity contribution < 1.29 is 5.11 Å². The van der Waals surface area contributed by atoms with Gasteiger partial charge in [-0.3, -0.25) is 4.90 Å². The summed E-state index contributed by atoms with van der Waals surface area (Å²) in [5, 5.41) is 9.35. The highest BCUT2D eigenvalue weighted by molar-refractivity contribution is 5.53. The van der Waals surface area contributed by atoms with Gasteiger partial charge in [-0.1, -0.05) is 6.07 Å². The van der Waals surface area contributed by atoms with Crippen molar-refractivity contribution in [1.29, 1.82) is 0 Å².